The average molecular weight is 474 g/mol. The summed E-state index contributed by atoms with van der Waals surface area (Å²) >= 11 is 0. The van der Waals surface area contributed by atoms with Crippen LogP contribution < -0.4 is 14.2 Å². The van der Waals surface area contributed by atoms with Crippen molar-refractivity contribution in [2.75, 3.05) is 34.5 Å². The second-order valence-corrected chi connectivity index (χ2v) is 9.00. The van der Waals surface area contributed by atoms with Gasteiger partial charge in [-0.25, -0.2) is 4.79 Å². The van der Waals surface area contributed by atoms with Gasteiger partial charge in [0.15, 0.2) is 11.5 Å². The number of carbonyl (C=O) groups excluding carboxylic acids is 1. The minimum Gasteiger partial charge on any atom is -0.496 e. The van der Waals surface area contributed by atoms with Crippen molar-refractivity contribution in [2.45, 2.75) is 31.8 Å². The summed E-state index contributed by atoms with van der Waals surface area (Å²) in [5.74, 6) is 1.80. The van der Waals surface area contributed by atoms with E-state index in [1.807, 2.05) is 24.3 Å². The van der Waals surface area contributed by atoms with Crippen molar-refractivity contribution >= 4 is 5.97 Å². The van der Waals surface area contributed by atoms with E-state index in [9.17, 15) is 4.79 Å². The monoisotopic (exact) mass is 473 g/mol. The molecule has 35 heavy (non-hydrogen) atoms. The number of hydrogen-bond acceptors (Lipinski definition) is 6. The molecule has 182 valence electrons. The van der Waals surface area contributed by atoms with Gasteiger partial charge in [-0.1, -0.05) is 36.4 Å². The summed E-state index contributed by atoms with van der Waals surface area (Å²) in [6, 6.07) is 18.7. The molecule has 6 heteroatoms. The summed E-state index contributed by atoms with van der Waals surface area (Å²) < 4.78 is 22.5. The van der Waals surface area contributed by atoms with Gasteiger partial charge in [0, 0.05) is 31.1 Å². The Morgan fingerprint density at radius 1 is 0.971 bits per heavy atom. The first-order valence-corrected chi connectivity index (χ1v) is 12.0. The average Bonchev–Trinajstić information content (AvgIpc) is 2.91. The number of esters is 1. The first-order valence-electron chi connectivity index (χ1n) is 12.0. The van der Waals surface area contributed by atoms with E-state index in [2.05, 4.69) is 35.2 Å². The quantitative estimate of drug-likeness (QED) is 0.461. The van der Waals surface area contributed by atoms with Crippen molar-refractivity contribution in [3.63, 3.8) is 0 Å². The molecule has 2 heterocycles. The molecule has 0 aromatic heterocycles. The van der Waals surface area contributed by atoms with Crippen LogP contribution in [0.15, 0.2) is 54.6 Å². The van der Waals surface area contributed by atoms with Crippen LogP contribution in [0.1, 0.15) is 44.2 Å². The van der Waals surface area contributed by atoms with Crippen molar-refractivity contribution in [1.29, 1.82) is 0 Å². The first-order chi connectivity index (χ1) is 17.1. The molecule has 1 unspecified atom stereocenters. The summed E-state index contributed by atoms with van der Waals surface area (Å²) in [5.41, 5.74) is 6.57. The lowest BCUT2D eigenvalue weighted by molar-refractivity contribution is 0.0596. The van der Waals surface area contributed by atoms with Crippen LogP contribution in [0.25, 0.3) is 0 Å². The van der Waals surface area contributed by atoms with Gasteiger partial charge in [-0.2, -0.15) is 0 Å². The summed E-state index contributed by atoms with van der Waals surface area (Å²) in [7, 11) is 4.68. The van der Waals surface area contributed by atoms with E-state index in [-0.39, 0.29) is 12.0 Å². The molecule has 0 spiro atoms. The third-order valence-electron chi connectivity index (χ3n) is 7.13. The molecule has 0 saturated heterocycles. The normalized spacial score (nSPS) is 16.5. The lowest BCUT2D eigenvalue weighted by Crippen LogP contribution is -2.39. The van der Waals surface area contributed by atoms with Gasteiger partial charge in [-0.05, 0) is 53.3 Å². The van der Waals surface area contributed by atoms with E-state index in [1.165, 1.54) is 34.9 Å². The highest BCUT2D eigenvalue weighted by molar-refractivity contribution is 5.93. The van der Waals surface area contributed by atoms with Gasteiger partial charge in [0.05, 0.1) is 27.9 Å². The minimum absolute atomic E-state index is 0.186. The minimum atomic E-state index is -0.378. The third kappa shape index (κ3) is 4.46. The van der Waals surface area contributed by atoms with Gasteiger partial charge >= 0.3 is 5.97 Å². The molecule has 0 bridgehead atoms. The number of carbonyl (C=O) groups is 1. The fourth-order valence-electron chi connectivity index (χ4n) is 5.31. The Morgan fingerprint density at radius 3 is 2.51 bits per heavy atom. The van der Waals surface area contributed by atoms with Gasteiger partial charge in [0.25, 0.3) is 0 Å². The van der Waals surface area contributed by atoms with E-state index in [0.717, 1.165) is 43.9 Å². The predicted molar refractivity (Wildman–Crippen MR) is 134 cm³/mol. The lowest BCUT2D eigenvalue weighted by Gasteiger charge is -2.42. The molecule has 3 aromatic carbocycles. The highest BCUT2D eigenvalue weighted by Crippen LogP contribution is 2.45. The number of ether oxygens (including phenoxy) is 4. The predicted octanol–water partition coefficient (Wildman–Crippen LogP) is 4.77. The van der Waals surface area contributed by atoms with E-state index in [4.69, 9.17) is 18.9 Å². The van der Waals surface area contributed by atoms with E-state index < -0.39 is 0 Å². The molecule has 1 atom stereocenters. The van der Waals surface area contributed by atoms with Gasteiger partial charge in [0.2, 0.25) is 0 Å². The zero-order chi connectivity index (χ0) is 24.4. The van der Waals surface area contributed by atoms with Crippen LogP contribution in [0.3, 0.4) is 0 Å². The summed E-state index contributed by atoms with van der Waals surface area (Å²) in [4.78, 5) is 14.9. The number of benzene rings is 3. The summed E-state index contributed by atoms with van der Waals surface area (Å²) in [5, 5.41) is 0. The molecule has 2 aliphatic rings. The van der Waals surface area contributed by atoms with Crippen molar-refractivity contribution in [3.8, 4) is 17.2 Å². The Bertz CT molecular complexity index is 1220. The Labute approximate surface area is 206 Å². The molecule has 0 radical (unpaired) electrons. The van der Waals surface area contributed by atoms with Gasteiger partial charge < -0.3 is 18.9 Å². The standard InChI is InChI=1S/C29H31NO5/c1-32-26-10-9-20-15-25-22-17-23(29(31)34-3)27(33-2)16-21(22)11-13-30(25)18-24(20)28(26)35-14-12-19-7-5-4-6-8-19/h4-10,16-17,25H,11-15,18H2,1-3H3. The number of fused-ring (bicyclic) bond motifs is 4. The smallest absolute Gasteiger partial charge is 0.341 e. The maximum Gasteiger partial charge on any atom is 0.341 e. The zero-order valence-electron chi connectivity index (χ0n) is 20.5. The largest absolute Gasteiger partial charge is 0.496 e. The Hall–Kier alpha value is -3.51. The van der Waals surface area contributed by atoms with Crippen LogP contribution in [0.4, 0.5) is 0 Å². The maximum atomic E-state index is 12.4. The molecule has 6 nitrogen and oxygen atoms in total. The number of methoxy groups -OCH3 is 3. The highest BCUT2D eigenvalue weighted by Gasteiger charge is 2.35. The molecule has 2 aliphatic heterocycles. The molecule has 0 saturated carbocycles. The molecular weight excluding hydrogens is 442 g/mol. The topological polar surface area (TPSA) is 57.2 Å². The molecule has 0 fully saturated rings. The molecule has 3 aromatic rings. The zero-order valence-corrected chi connectivity index (χ0v) is 20.5. The summed E-state index contributed by atoms with van der Waals surface area (Å²) in [6.07, 6.45) is 2.58. The van der Waals surface area contributed by atoms with Gasteiger partial charge in [0.1, 0.15) is 11.3 Å². The van der Waals surface area contributed by atoms with E-state index in [0.29, 0.717) is 17.9 Å². The Morgan fingerprint density at radius 2 is 1.77 bits per heavy atom. The number of rotatable bonds is 7. The van der Waals surface area contributed by atoms with Crippen molar-refractivity contribution in [1.82, 2.24) is 4.90 Å². The number of hydrogen-bond donors (Lipinski definition) is 0. The molecule has 0 amide bonds. The van der Waals surface area contributed by atoms with Crippen LogP contribution in [-0.4, -0.2) is 45.4 Å². The first kappa shape index (κ1) is 23.2. The SMILES string of the molecule is COC(=O)c1cc2c(cc1OC)CCN1Cc3c(ccc(OC)c3OCCc3ccccc3)CC21. The fraction of sp³-hybridized carbons (Fsp3) is 0.345. The molecule has 5 rings (SSSR count). The lowest BCUT2D eigenvalue weighted by atomic mass is 9.83. The number of nitrogens with zero attached hydrogens (tertiary/aromatic N) is 1. The van der Waals surface area contributed by atoms with Crippen LogP contribution in [0.2, 0.25) is 0 Å². The van der Waals surface area contributed by atoms with Gasteiger partial charge in [-0.3, -0.25) is 4.90 Å². The summed E-state index contributed by atoms with van der Waals surface area (Å²) in [6.45, 7) is 2.29. The van der Waals surface area contributed by atoms with Gasteiger partial charge in [-0.15, -0.1) is 0 Å². The van der Waals surface area contributed by atoms with Crippen LogP contribution in [0.5, 0.6) is 17.2 Å². The van der Waals surface area contributed by atoms with Crippen molar-refractivity contribution in [2.24, 2.45) is 0 Å². The maximum absolute atomic E-state index is 12.4. The Balaban J connectivity index is 1.44. The van der Waals surface area contributed by atoms with Crippen molar-refractivity contribution in [3.05, 3.63) is 88.0 Å². The molecular formula is C29H31NO5. The van der Waals surface area contributed by atoms with Crippen LogP contribution in [-0.2, 0) is 30.5 Å². The highest BCUT2D eigenvalue weighted by atomic mass is 16.5. The van der Waals surface area contributed by atoms with E-state index in [1.54, 1.807) is 14.2 Å². The van der Waals surface area contributed by atoms with Crippen LogP contribution in [0, 0.1) is 0 Å². The molecule has 0 N–H and O–H groups in total. The Kier molecular flexibility index (Phi) is 6.64. The van der Waals surface area contributed by atoms with Crippen LogP contribution >= 0.6 is 0 Å². The van der Waals surface area contributed by atoms with E-state index >= 15 is 0 Å². The second-order valence-electron chi connectivity index (χ2n) is 9.00. The fourth-order valence-corrected chi connectivity index (χ4v) is 5.31. The second kappa shape index (κ2) is 10.0. The molecule has 0 aliphatic carbocycles. The third-order valence-corrected chi connectivity index (χ3v) is 7.13. The van der Waals surface area contributed by atoms with Crippen molar-refractivity contribution < 1.29 is 23.7 Å².